The minimum Gasteiger partial charge on any atom is -0.462 e. The molecule has 1 aromatic carbocycles. The molecule has 42 heavy (non-hydrogen) atoms. The van der Waals surface area contributed by atoms with Crippen molar-refractivity contribution in [3.63, 3.8) is 0 Å². The zero-order valence-corrected chi connectivity index (χ0v) is 24.6. The van der Waals surface area contributed by atoms with Crippen molar-refractivity contribution in [2.24, 2.45) is 5.92 Å². The molecular formula is C28H29Cl2FN8O3. The van der Waals surface area contributed by atoms with Gasteiger partial charge < -0.3 is 19.3 Å². The highest BCUT2D eigenvalue weighted by Crippen LogP contribution is 2.41. The van der Waals surface area contributed by atoms with Gasteiger partial charge in [-0.15, -0.1) is 0 Å². The highest BCUT2D eigenvalue weighted by Gasteiger charge is 2.29. The van der Waals surface area contributed by atoms with Gasteiger partial charge in [0.25, 0.3) is 0 Å². The number of carbonyl (C=O) groups is 1. The Morgan fingerprint density at radius 3 is 2.69 bits per heavy atom. The molecule has 0 unspecified atom stereocenters. The van der Waals surface area contributed by atoms with Crippen molar-refractivity contribution in [3.8, 4) is 17.6 Å². The van der Waals surface area contributed by atoms with Gasteiger partial charge in [0, 0.05) is 44.8 Å². The lowest BCUT2D eigenvalue weighted by molar-refractivity contribution is -0.126. The Bertz CT molecular complexity index is 1680. The van der Waals surface area contributed by atoms with E-state index in [-0.39, 0.29) is 39.8 Å². The monoisotopic (exact) mass is 614 g/mol. The molecule has 0 aliphatic carbocycles. The number of carbonyl (C=O) groups excluding carboxylic acids is 1. The van der Waals surface area contributed by atoms with Crippen LogP contribution in [0.15, 0.2) is 31.0 Å². The predicted octanol–water partition coefficient (Wildman–Crippen LogP) is 4.69. The van der Waals surface area contributed by atoms with Crippen molar-refractivity contribution in [2.45, 2.75) is 19.4 Å². The average Bonchev–Trinajstić information content (AvgIpc) is 3.58. The summed E-state index contributed by atoms with van der Waals surface area (Å²) in [7, 11) is 2.07. The zero-order chi connectivity index (χ0) is 29.5. The molecule has 1 N–H and O–H groups in total. The number of hydrogen-bond acceptors (Lipinski definition) is 9. The van der Waals surface area contributed by atoms with Gasteiger partial charge in [0.05, 0.1) is 22.5 Å². The highest BCUT2D eigenvalue weighted by atomic mass is 35.5. The molecule has 220 valence electrons. The number of benzene rings is 1. The van der Waals surface area contributed by atoms with Gasteiger partial charge in [0.15, 0.2) is 5.75 Å². The Morgan fingerprint density at radius 2 is 1.98 bits per heavy atom. The van der Waals surface area contributed by atoms with Crippen LogP contribution in [0, 0.1) is 11.7 Å². The summed E-state index contributed by atoms with van der Waals surface area (Å²) in [6, 6.07) is 3.25. The van der Waals surface area contributed by atoms with E-state index in [2.05, 4.69) is 45.6 Å². The number of aromatic amines is 1. The van der Waals surface area contributed by atoms with Gasteiger partial charge in [0.1, 0.15) is 33.9 Å². The second-order valence-electron chi connectivity index (χ2n) is 10.7. The number of halogens is 3. The Balaban J connectivity index is 1.42. The number of pyridine rings is 1. The van der Waals surface area contributed by atoms with Crippen molar-refractivity contribution in [1.29, 1.82) is 0 Å². The van der Waals surface area contributed by atoms with Gasteiger partial charge in [-0.05, 0) is 31.5 Å². The van der Waals surface area contributed by atoms with Crippen LogP contribution >= 0.6 is 23.2 Å². The van der Waals surface area contributed by atoms with Crippen LogP contribution in [0.3, 0.4) is 0 Å². The van der Waals surface area contributed by atoms with E-state index >= 15 is 0 Å². The molecule has 6 rings (SSSR count). The lowest BCUT2D eigenvalue weighted by atomic mass is 10.1. The number of fused-ring (bicyclic) bond motifs is 2. The fourth-order valence-electron chi connectivity index (χ4n) is 5.61. The third kappa shape index (κ3) is 5.41. The lowest BCUT2D eigenvalue weighted by Gasteiger charge is -2.35. The van der Waals surface area contributed by atoms with Crippen LogP contribution in [0.5, 0.6) is 17.6 Å². The summed E-state index contributed by atoms with van der Waals surface area (Å²) in [5, 5.41) is 7.62. The summed E-state index contributed by atoms with van der Waals surface area (Å²) in [5.74, 6) is 0.345. The van der Waals surface area contributed by atoms with Crippen LogP contribution in [-0.4, -0.2) is 93.3 Å². The number of likely N-dealkylation sites (tertiary alicyclic amines) is 1. The van der Waals surface area contributed by atoms with Gasteiger partial charge >= 0.3 is 6.01 Å². The SMILES string of the molecule is C=CC(=O)N1CCN(c2nc(OC[C@@H]3C[C@H](C)CN3C)nc3c(Oc4c(Cl)c(F)cc5[nH]ncc45)nc(Cl)cc23)CC1. The first-order valence-corrected chi connectivity index (χ1v) is 14.3. The number of hydrogen-bond donors (Lipinski definition) is 1. The smallest absolute Gasteiger partial charge is 0.319 e. The minimum atomic E-state index is -0.684. The molecular weight excluding hydrogens is 586 g/mol. The van der Waals surface area contributed by atoms with E-state index in [0.29, 0.717) is 66.3 Å². The average molecular weight is 615 g/mol. The molecule has 0 spiro atoms. The van der Waals surface area contributed by atoms with Gasteiger partial charge in [-0.1, -0.05) is 36.7 Å². The summed E-state index contributed by atoms with van der Waals surface area (Å²) in [4.78, 5) is 32.1. The second kappa shape index (κ2) is 11.5. The largest absolute Gasteiger partial charge is 0.462 e. The quantitative estimate of drug-likeness (QED) is 0.234. The van der Waals surface area contributed by atoms with Crippen LogP contribution in [0.4, 0.5) is 10.2 Å². The molecule has 0 saturated carbocycles. The van der Waals surface area contributed by atoms with Gasteiger partial charge in [-0.25, -0.2) is 4.39 Å². The maximum atomic E-state index is 14.7. The van der Waals surface area contributed by atoms with E-state index in [1.807, 2.05) is 4.90 Å². The molecule has 11 nitrogen and oxygen atoms in total. The molecule has 2 aliphatic heterocycles. The van der Waals surface area contributed by atoms with E-state index in [9.17, 15) is 9.18 Å². The molecule has 0 radical (unpaired) electrons. The molecule has 2 fully saturated rings. The molecule has 5 heterocycles. The van der Waals surface area contributed by atoms with Crippen LogP contribution < -0.4 is 14.4 Å². The molecule has 14 heteroatoms. The number of anilines is 1. The van der Waals surface area contributed by atoms with E-state index in [4.69, 9.17) is 37.7 Å². The molecule has 3 aromatic heterocycles. The van der Waals surface area contributed by atoms with E-state index < -0.39 is 5.82 Å². The van der Waals surface area contributed by atoms with Crippen molar-refractivity contribution in [2.75, 3.05) is 51.3 Å². The molecule has 1 amide bonds. The van der Waals surface area contributed by atoms with Gasteiger partial charge in [-0.2, -0.15) is 20.1 Å². The fourth-order valence-corrected chi connectivity index (χ4v) is 5.99. The molecule has 2 saturated heterocycles. The summed E-state index contributed by atoms with van der Waals surface area (Å²) < 4.78 is 27.0. The van der Waals surface area contributed by atoms with Crippen molar-refractivity contribution < 1.29 is 18.7 Å². The Hall–Kier alpha value is -3.74. The maximum absolute atomic E-state index is 14.7. The fraction of sp³-hybridized carbons (Fsp3) is 0.393. The summed E-state index contributed by atoms with van der Waals surface area (Å²) >= 11 is 12.8. The summed E-state index contributed by atoms with van der Waals surface area (Å²) in [5.41, 5.74) is 0.716. The maximum Gasteiger partial charge on any atom is 0.319 e. The number of ether oxygens (including phenoxy) is 2. The first kappa shape index (κ1) is 28.4. The molecule has 2 aliphatic rings. The van der Waals surface area contributed by atoms with Gasteiger partial charge in [0.2, 0.25) is 11.8 Å². The number of likely N-dealkylation sites (N-methyl/N-ethyl adjacent to an activating group) is 1. The number of H-pyrrole nitrogens is 1. The minimum absolute atomic E-state index is 0.00748. The highest BCUT2D eigenvalue weighted by molar-refractivity contribution is 6.33. The topological polar surface area (TPSA) is 113 Å². The van der Waals surface area contributed by atoms with Crippen LogP contribution in [0.25, 0.3) is 21.8 Å². The Kier molecular flexibility index (Phi) is 7.77. The summed E-state index contributed by atoms with van der Waals surface area (Å²) in [6.45, 7) is 9.18. The normalized spacial score (nSPS) is 19.5. The molecule has 2 atom stereocenters. The van der Waals surface area contributed by atoms with Crippen molar-refractivity contribution in [1.82, 2.24) is 34.9 Å². The van der Waals surface area contributed by atoms with Crippen LogP contribution in [0.1, 0.15) is 13.3 Å². The van der Waals surface area contributed by atoms with E-state index in [1.165, 1.54) is 18.3 Å². The summed E-state index contributed by atoms with van der Waals surface area (Å²) in [6.07, 6.45) is 3.80. The first-order valence-electron chi connectivity index (χ1n) is 13.6. The van der Waals surface area contributed by atoms with Gasteiger partial charge in [-0.3, -0.25) is 14.8 Å². The number of rotatable bonds is 7. The van der Waals surface area contributed by atoms with Crippen molar-refractivity contribution in [3.05, 3.63) is 47.0 Å². The standard InChI is InChI=1S/C28H29Cl2FN8O3/c1-4-22(40)38-5-7-39(8-6-38)26-17-10-21(29)33-27(42-25-18-12-32-36-20(18)11-19(31)23(25)30)24(17)34-28(35-26)41-14-16-9-15(2)13-37(16)3/h4,10-12,15-16H,1,5-9,13-14H2,2-3H3,(H,32,36)/t15-,16-/m0/s1. The molecule has 0 bridgehead atoms. The number of piperazine rings is 1. The Labute approximate surface area is 251 Å². The second-order valence-corrected chi connectivity index (χ2v) is 11.4. The third-order valence-electron chi connectivity index (χ3n) is 7.74. The Morgan fingerprint density at radius 1 is 1.19 bits per heavy atom. The first-order chi connectivity index (χ1) is 20.2. The zero-order valence-electron chi connectivity index (χ0n) is 23.1. The van der Waals surface area contributed by atoms with Crippen LogP contribution in [-0.2, 0) is 4.79 Å². The van der Waals surface area contributed by atoms with E-state index in [1.54, 1.807) is 11.0 Å². The third-order valence-corrected chi connectivity index (χ3v) is 8.29. The number of nitrogens with one attached hydrogen (secondary N) is 1. The number of aromatic nitrogens is 5. The lowest BCUT2D eigenvalue weighted by Crippen LogP contribution is -2.48. The number of amides is 1. The van der Waals surface area contributed by atoms with E-state index in [0.717, 1.165) is 13.0 Å². The molecule has 4 aromatic rings. The van der Waals surface area contributed by atoms with Crippen LogP contribution in [0.2, 0.25) is 10.2 Å². The van der Waals surface area contributed by atoms with Crippen molar-refractivity contribution >= 4 is 56.7 Å². The number of nitrogens with zero attached hydrogens (tertiary/aromatic N) is 7. The predicted molar refractivity (Wildman–Crippen MR) is 158 cm³/mol.